The smallest absolute Gasteiger partial charge is 0.336 e. The van der Waals surface area contributed by atoms with Crippen LogP contribution in [0.4, 0.5) is 0 Å². The minimum atomic E-state index is -0.792. The van der Waals surface area contributed by atoms with E-state index < -0.39 is 30.4 Å². The SMILES string of the molecule is C=C(C(=O)OC)C(CC)OC(=O)CC(=O)OCC. The standard InChI is InChI=1S/C12H18O6/c1-5-9(8(3)12(15)16-4)18-11(14)7-10(13)17-6-2/h9H,3,5-7H2,1-2,4H3. The molecular formula is C12H18O6. The molecule has 0 aliphatic carbocycles. The van der Waals surface area contributed by atoms with Crippen LogP contribution in [-0.4, -0.2) is 37.7 Å². The average molecular weight is 258 g/mol. The Labute approximate surface area is 106 Å². The van der Waals surface area contributed by atoms with E-state index >= 15 is 0 Å². The summed E-state index contributed by atoms with van der Waals surface area (Å²) in [4.78, 5) is 33.7. The molecule has 0 aliphatic heterocycles. The first-order valence-electron chi connectivity index (χ1n) is 5.58. The predicted molar refractivity (Wildman–Crippen MR) is 62.6 cm³/mol. The zero-order chi connectivity index (χ0) is 14.1. The van der Waals surface area contributed by atoms with Crippen molar-refractivity contribution in [3.8, 4) is 0 Å². The first-order valence-corrected chi connectivity index (χ1v) is 5.58. The lowest BCUT2D eigenvalue weighted by Gasteiger charge is -2.16. The molecular weight excluding hydrogens is 240 g/mol. The second kappa shape index (κ2) is 8.27. The third kappa shape index (κ3) is 5.47. The molecule has 18 heavy (non-hydrogen) atoms. The highest BCUT2D eigenvalue weighted by molar-refractivity contribution is 5.92. The Bertz CT molecular complexity index is 333. The van der Waals surface area contributed by atoms with E-state index in [1.54, 1.807) is 13.8 Å². The van der Waals surface area contributed by atoms with Gasteiger partial charge in [-0.25, -0.2) is 4.79 Å². The van der Waals surface area contributed by atoms with E-state index in [9.17, 15) is 14.4 Å². The molecule has 0 radical (unpaired) electrons. The quantitative estimate of drug-likeness (QED) is 0.293. The molecule has 0 saturated carbocycles. The van der Waals surface area contributed by atoms with Crippen LogP contribution in [0.2, 0.25) is 0 Å². The molecule has 0 spiro atoms. The molecule has 0 aliphatic rings. The van der Waals surface area contributed by atoms with Crippen molar-refractivity contribution < 1.29 is 28.6 Å². The van der Waals surface area contributed by atoms with Gasteiger partial charge in [-0.1, -0.05) is 13.5 Å². The van der Waals surface area contributed by atoms with Gasteiger partial charge in [0.1, 0.15) is 12.5 Å². The van der Waals surface area contributed by atoms with Crippen LogP contribution in [0.5, 0.6) is 0 Å². The van der Waals surface area contributed by atoms with Crippen molar-refractivity contribution in [2.45, 2.75) is 32.8 Å². The van der Waals surface area contributed by atoms with Gasteiger partial charge in [-0.15, -0.1) is 0 Å². The van der Waals surface area contributed by atoms with Gasteiger partial charge in [0.25, 0.3) is 0 Å². The number of ether oxygens (including phenoxy) is 3. The third-order valence-electron chi connectivity index (χ3n) is 2.07. The van der Waals surface area contributed by atoms with Gasteiger partial charge in [-0.05, 0) is 13.3 Å². The molecule has 0 bridgehead atoms. The maximum Gasteiger partial charge on any atom is 0.336 e. The summed E-state index contributed by atoms with van der Waals surface area (Å²) < 4.78 is 14.0. The van der Waals surface area contributed by atoms with Crippen LogP contribution in [0.25, 0.3) is 0 Å². The molecule has 102 valence electrons. The fourth-order valence-corrected chi connectivity index (χ4v) is 1.19. The summed E-state index contributed by atoms with van der Waals surface area (Å²) in [5.41, 5.74) is 0.0391. The Kier molecular flexibility index (Phi) is 7.42. The van der Waals surface area contributed by atoms with E-state index in [1.165, 1.54) is 7.11 Å². The van der Waals surface area contributed by atoms with Crippen LogP contribution < -0.4 is 0 Å². The lowest BCUT2D eigenvalue weighted by Crippen LogP contribution is -2.25. The van der Waals surface area contributed by atoms with E-state index in [-0.39, 0.29) is 12.2 Å². The average Bonchev–Trinajstić information content (AvgIpc) is 2.34. The molecule has 1 unspecified atom stereocenters. The lowest BCUT2D eigenvalue weighted by molar-refractivity contribution is -0.156. The summed E-state index contributed by atoms with van der Waals surface area (Å²) in [6.45, 7) is 7.04. The molecule has 0 amide bonds. The Balaban J connectivity index is 4.37. The second-order valence-electron chi connectivity index (χ2n) is 3.39. The monoisotopic (exact) mass is 258 g/mol. The fraction of sp³-hybridized carbons (Fsp3) is 0.583. The molecule has 6 heteroatoms. The third-order valence-corrected chi connectivity index (χ3v) is 2.07. The number of methoxy groups -OCH3 is 1. The van der Waals surface area contributed by atoms with Crippen LogP contribution in [-0.2, 0) is 28.6 Å². The van der Waals surface area contributed by atoms with Gasteiger partial charge in [-0.2, -0.15) is 0 Å². The lowest BCUT2D eigenvalue weighted by atomic mass is 10.1. The van der Waals surface area contributed by atoms with Gasteiger partial charge in [0.15, 0.2) is 0 Å². The fourth-order valence-electron chi connectivity index (χ4n) is 1.19. The van der Waals surface area contributed by atoms with Crippen molar-refractivity contribution >= 4 is 17.9 Å². The molecule has 0 heterocycles. The zero-order valence-electron chi connectivity index (χ0n) is 10.9. The zero-order valence-corrected chi connectivity index (χ0v) is 10.9. The Morgan fingerprint density at radius 3 is 2.22 bits per heavy atom. The molecule has 6 nitrogen and oxygen atoms in total. The first kappa shape index (κ1) is 16.1. The Morgan fingerprint density at radius 2 is 1.78 bits per heavy atom. The Hall–Kier alpha value is -1.85. The summed E-state index contributed by atoms with van der Waals surface area (Å²) in [6, 6.07) is 0. The van der Waals surface area contributed by atoms with Gasteiger partial charge >= 0.3 is 17.9 Å². The molecule has 0 fully saturated rings. The number of carbonyl (C=O) groups excluding carboxylic acids is 3. The van der Waals surface area contributed by atoms with E-state index in [4.69, 9.17) is 4.74 Å². The summed E-state index contributed by atoms with van der Waals surface area (Å²) in [7, 11) is 1.21. The summed E-state index contributed by atoms with van der Waals surface area (Å²) in [6.07, 6.45) is -0.916. The number of esters is 3. The van der Waals surface area contributed by atoms with Gasteiger partial charge in [0.2, 0.25) is 0 Å². The summed E-state index contributed by atoms with van der Waals surface area (Å²) in [5, 5.41) is 0. The molecule has 0 rings (SSSR count). The van der Waals surface area contributed by atoms with Crippen LogP contribution >= 0.6 is 0 Å². The Morgan fingerprint density at radius 1 is 1.17 bits per heavy atom. The van der Waals surface area contributed by atoms with Crippen molar-refractivity contribution in [3.05, 3.63) is 12.2 Å². The van der Waals surface area contributed by atoms with Crippen LogP contribution in [0, 0.1) is 0 Å². The highest BCUT2D eigenvalue weighted by atomic mass is 16.6. The van der Waals surface area contributed by atoms with E-state index in [0.29, 0.717) is 6.42 Å². The second-order valence-corrected chi connectivity index (χ2v) is 3.39. The van der Waals surface area contributed by atoms with Gasteiger partial charge in [0.05, 0.1) is 19.3 Å². The maximum absolute atomic E-state index is 11.4. The largest absolute Gasteiger partial charge is 0.466 e. The predicted octanol–water partition coefficient (Wildman–Crippen LogP) is 0.991. The van der Waals surface area contributed by atoms with Crippen molar-refractivity contribution in [2.75, 3.05) is 13.7 Å². The van der Waals surface area contributed by atoms with E-state index in [1.807, 2.05) is 0 Å². The molecule has 1 atom stereocenters. The van der Waals surface area contributed by atoms with Crippen molar-refractivity contribution in [1.82, 2.24) is 0 Å². The molecule has 0 aromatic carbocycles. The minimum absolute atomic E-state index is 0.0391. The number of hydrogen-bond donors (Lipinski definition) is 0. The van der Waals surface area contributed by atoms with E-state index in [2.05, 4.69) is 16.1 Å². The number of carbonyl (C=O) groups is 3. The van der Waals surface area contributed by atoms with Crippen LogP contribution in [0.3, 0.4) is 0 Å². The van der Waals surface area contributed by atoms with Gasteiger partial charge in [-0.3, -0.25) is 9.59 Å². The van der Waals surface area contributed by atoms with Gasteiger partial charge < -0.3 is 14.2 Å². The summed E-state index contributed by atoms with van der Waals surface area (Å²) >= 11 is 0. The number of hydrogen-bond acceptors (Lipinski definition) is 6. The highest BCUT2D eigenvalue weighted by Crippen LogP contribution is 2.11. The molecule has 0 N–H and O–H groups in total. The molecule has 0 saturated heterocycles. The highest BCUT2D eigenvalue weighted by Gasteiger charge is 2.23. The van der Waals surface area contributed by atoms with Gasteiger partial charge in [0, 0.05) is 0 Å². The van der Waals surface area contributed by atoms with E-state index in [0.717, 1.165) is 0 Å². The topological polar surface area (TPSA) is 78.9 Å². The molecule has 0 aromatic rings. The van der Waals surface area contributed by atoms with Crippen LogP contribution in [0.1, 0.15) is 26.7 Å². The summed E-state index contributed by atoms with van der Waals surface area (Å²) in [5.74, 6) is -2.07. The molecule has 0 aromatic heterocycles. The van der Waals surface area contributed by atoms with Crippen LogP contribution in [0.15, 0.2) is 12.2 Å². The first-order chi connectivity index (χ1) is 8.46. The van der Waals surface area contributed by atoms with Crippen molar-refractivity contribution in [1.29, 1.82) is 0 Å². The minimum Gasteiger partial charge on any atom is -0.466 e. The van der Waals surface area contributed by atoms with Crippen molar-refractivity contribution in [3.63, 3.8) is 0 Å². The maximum atomic E-state index is 11.4. The van der Waals surface area contributed by atoms with Crippen molar-refractivity contribution in [2.24, 2.45) is 0 Å². The normalized spacial score (nSPS) is 11.3. The number of rotatable bonds is 7.